The Morgan fingerprint density at radius 2 is 1.58 bits per heavy atom. The molecular formula is C26H17F4N3O5. The fourth-order valence-corrected chi connectivity index (χ4v) is 5.83. The Balaban J connectivity index is 1.72. The first-order chi connectivity index (χ1) is 18.2. The third-order valence-electron chi connectivity index (χ3n) is 7.44. The number of nitrogens with zero attached hydrogens (tertiary/aromatic N) is 1. The van der Waals surface area contributed by atoms with Crippen molar-refractivity contribution in [3.05, 3.63) is 59.2 Å². The van der Waals surface area contributed by atoms with Gasteiger partial charge < -0.3 is 24.5 Å². The Bertz CT molecular complexity index is 1860. The van der Waals surface area contributed by atoms with E-state index in [-0.39, 0.29) is 49.2 Å². The van der Waals surface area contributed by atoms with Gasteiger partial charge in [0.25, 0.3) is 11.8 Å². The number of aromatic nitrogens is 2. The fraction of sp³-hybridized carbons (Fsp3) is 0.231. The van der Waals surface area contributed by atoms with Crippen LogP contribution in [0.15, 0.2) is 36.4 Å². The van der Waals surface area contributed by atoms with Gasteiger partial charge in [-0.2, -0.15) is 0 Å². The summed E-state index contributed by atoms with van der Waals surface area (Å²) in [5.41, 5.74) is 0.792. The van der Waals surface area contributed by atoms with E-state index in [4.69, 9.17) is 4.74 Å². The van der Waals surface area contributed by atoms with Crippen LogP contribution >= 0.6 is 0 Å². The van der Waals surface area contributed by atoms with E-state index in [1.165, 1.54) is 28.8 Å². The lowest BCUT2D eigenvalue weighted by Crippen LogP contribution is -2.54. The maximum Gasteiger partial charge on any atom is 0.259 e. The van der Waals surface area contributed by atoms with E-state index in [0.29, 0.717) is 5.52 Å². The summed E-state index contributed by atoms with van der Waals surface area (Å²) >= 11 is 0. The van der Waals surface area contributed by atoms with Crippen molar-refractivity contribution in [2.45, 2.75) is 30.7 Å². The van der Waals surface area contributed by atoms with Gasteiger partial charge in [-0.3, -0.25) is 14.9 Å². The summed E-state index contributed by atoms with van der Waals surface area (Å²) in [5, 5.41) is 24.2. The number of halogens is 4. The summed E-state index contributed by atoms with van der Waals surface area (Å²) in [6.07, 6.45) is -9.43. The topological polar surface area (TPSA) is 117 Å². The number of nitrogens with one attached hydrogen (secondary N) is 2. The number of amides is 2. The standard InChI is InChI=1S/C26H17F4N3O5/c27-7-14-19(30)22(34)23(35)26(38-14)33-13-4-2-9(29)6-11(13)16-18-17(24(36)32-25(18)37)15-10-5-8(28)1-3-12(10)31-20(15)21(16)33/h1-6,14,19,22-23,26,31,34-35H,7H2,(H,32,36,37). The van der Waals surface area contributed by atoms with Crippen molar-refractivity contribution < 1.29 is 42.1 Å². The van der Waals surface area contributed by atoms with Crippen LogP contribution in [0.4, 0.5) is 17.6 Å². The number of imide groups is 1. The molecule has 2 aliphatic heterocycles. The third kappa shape index (κ3) is 2.84. The molecule has 0 radical (unpaired) electrons. The van der Waals surface area contributed by atoms with Gasteiger partial charge in [0.2, 0.25) is 0 Å². The van der Waals surface area contributed by atoms with Crippen LogP contribution in [-0.2, 0) is 4.74 Å². The largest absolute Gasteiger partial charge is 0.387 e. The van der Waals surface area contributed by atoms with E-state index in [2.05, 4.69) is 10.3 Å². The molecule has 7 rings (SSSR count). The van der Waals surface area contributed by atoms with Crippen LogP contribution < -0.4 is 5.32 Å². The highest BCUT2D eigenvalue weighted by Crippen LogP contribution is 2.46. The number of ether oxygens (including phenoxy) is 1. The Labute approximate surface area is 209 Å². The Morgan fingerprint density at radius 1 is 0.921 bits per heavy atom. The zero-order chi connectivity index (χ0) is 26.6. The zero-order valence-corrected chi connectivity index (χ0v) is 19.1. The number of carbonyl (C=O) groups is 2. The molecule has 1 saturated heterocycles. The number of benzene rings is 3. The molecule has 38 heavy (non-hydrogen) atoms. The first-order valence-corrected chi connectivity index (χ1v) is 11.7. The van der Waals surface area contributed by atoms with Gasteiger partial charge in [0.15, 0.2) is 12.4 Å². The van der Waals surface area contributed by atoms with Crippen LogP contribution in [0.3, 0.4) is 0 Å². The van der Waals surface area contributed by atoms with Gasteiger partial charge in [-0.05, 0) is 36.4 Å². The molecule has 194 valence electrons. The van der Waals surface area contributed by atoms with Crippen LogP contribution in [0.5, 0.6) is 0 Å². The molecule has 0 aliphatic carbocycles. The summed E-state index contributed by atoms with van der Waals surface area (Å²) in [4.78, 5) is 29.2. The Kier molecular flexibility index (Phi) is 4.72. The second kappa shape index (κ2) is 7.76. The minimum Gasteiger partial charge on any atom is -0.387 e. The Hall–Kier alpha value is -4.00. The second-order valence-electron chi connectivity index (χ2n) is 9.50. The number of hydrogen-bond donors (Lipinski definition) is 4. The van der Waals surface area contributed by atoms with E-state index < -0.39 is 60.8 Å². The van der Waals surface area contributed by atoms with Gasteiger partial charge >= 0.3 is 0 Å². The predicted octanol–water partition coefficient (Wildman–Crippen LogP) is 3.52. The lowest BCUT2D eigenvalue weighted by Gasteiger charge is -2.39. The van der Waals surface area contributed by atoms with Gasteiger partial charge in [0.05, 0.1) is 27.7 Å². The lowest BCUT2D eigenvalue weighted by molar-refractivity contribution is -0.229. The summed E-state index contributed by atoms with van der Waals surface area (Å²) < 4.78 is 63.9. The molecule has 0 bridgehead atoms. The molecular weight excluding hydrogens is 510 g/mol. The molecule has 5 aromatic rings. The summed E-state index contributed by atoms with van der Waals surface area (Å²) in [6.45, 7) is -1.30. The number of aromatic amines is 1. The summed E-state index contributed by atoms with van der Waals surface area (Å²) in [5.74, 6) is -2.79. The number of carbonyl (C=O) groups excluding carboxylic acids is 2. The number of aliphatic hydroxyl groups is 2. The molecule has 4 N–H and O–H groups in total. The van der Waals surface area contributed by atoms with Crippen molar-refractivity contribution in [3.8, 4) is 0 Å². The molecule has 5 unspecified atom stereocenters. The third-order valence-corrected chi connectivity index (χ3v) is 7.44. The smallest absolute Gasteiger partial charge is 0.259 e. The highest BCUT2D eigenvalue weighted by molar-refractivity contribution is 6.39. The molecule has 3 aromatic carbocycles. The molecule has 2 aromatic heterocycles. The van der Waals surface area contributed by atoms with Crippen molar-refractivity contribution in [2.24, 2.45) is 0 Å². The second-order valence-corrected chi connectivity index (χ2v) is 9.50. The maximum atomic E-state index is 14.5. The van der Waals surface area contributed by atoms with E-state index in [9.17, 15) is 37.4 Å². The van der Waals surface area contributed by atoms with Crippen LogP contribution in [0.1, 0.15) is 26.9 Å². The van der Waals surface area contributed by atoms with Crippen LogP contribution in [-0.4, -0.2) is 62.7 Å². The normalized spacial score (nSPS) is 25.7. The first-order valence-electron chi connectivity index (χ1n) is 11.7. The number of rotatable bonds is 2. The van der Waals surface area contributed by atoms with Gasteiger partial charge in [0.1, 0.15) is 36.6 Å². The molecule has 8 nitrogen and oxygen atoms in total. The quantitative estimate of drug-likeness (QED) is 0.207. The number of fused-ring (bicyclic) bond motifs is 10. The highest BCUT2D eigenvalue weighted by Gasteiger charge is 2.47. The average molecular weight is 527 g/mol. The molecule has 1 fully saturated rings. The van der Waals surface area contributed by atoms with Crippen LogP contribution in [0.25, 0.3) is 43.6 Å². The molecule has 4 heterocycles. The molecule has 12 heteroatoms. The van der Waals surface area contributed by atoms with E-state index in [1.54, 1.807) is 0 Å². The van der Waals surface area contributed by atoms with Gasteiger partial charge in [-0.1, -0.05) is 0 Å². The Morgan fingerprint density at radius 3 is 2.29 bits per heavy atom. The van der Waals surface area contributed by atoms with Gasteiger partial charge in [-0.15, -0.1) is 0 Å². The molecule has 5 atom stereocenters. The summed E-state index contributed by atoms with van der Waals surface area (Å²) in [6, 6.07) is 7.38. The maximum absolute atomic E-state index is 14.5. The molecule has 0 spiro atoms. The highest BCUT2D eigenvalue weighted by atomic mass is 19.1. The van der Waals surface area contributed by atoms with Crippen LogP contribution in [0, 0.1) is 11.6 Å². The zero-order valence-electron chi connectivity index (χ0n) is 19.1. The minimum atomic E-state index is -2.22. The predicted molar refractivity (Wildman–Crippen MR) is 127 cm³/mol. The van der Waals surface area contributed by atoms with Crippen molar-refractivity contribution in [2.75, 3.05) is 6.67 Å². The molecule has 0 saturated carbocycles. The van der Waals surface area contributed by atoms with Gasteiger partial charge in [-0.25, -0.2) is 17.6 Å². The lowest BCUT2D eigenvalue weighted by atomic mass is 9.96. The number of hydrogen-bond acceptors (Lipinski definition) is 5. The molecule has 2 aliphatic rings. The SMILES string of the molecule is O=C1NC(=O)c2c1c1c3cc(F)ccc3[nH]c1c1c2c2cc(F)ccc2n1C1OC(CF)C(F)C(O)C1O. The monoisotopic (exact) mass is 527 g/mol. The van der Waals surface area contributed by atoms with E-state index >= 15 is 0 Å². The number of H-pyrrole nitrogens is 1. The fourth-order valence-electron chi connectivity index (χ4n) is 5.83. The van der Waals surface area contributed by atoms with E-state index in [1.807, 2.05) is 0 Å². The van der Waals surface area contributed by atoms with Crippen molar-refractivity contribution >= 4 is 55.4 Å². The molecule has 2 amide bonds. The first kappa shape index (κ1) is 23.1. The number of alkyl halides is 2. The van der Waals surface area contributed by atoms with Crippen LogP contribution in [0.2, 0.25) is 0 Å². The summed E-state index contributed by atoms with van der Waals surface area (Å²) in [7, 11) is 0. The average Bonchev–Trinajstić information content (AvgIpc) is 3.51. The van der Waals surface area contributed by atoms with Gasteiger partial charge in [0, 0.05) is 27.1 Å². The van der Waals surface area contributed by atoms with Crippen molar-refractivity contribution in [3.63, 3.8) is 0 Å². The van der Waals surface area contributed by atoms with Crippen molar-refractivity contribution in [1.82, 2.24) is 14.9 Å². The number of aliphatic hydroxyl groups excluding tert-OH is 2. The minimum absolute atomic E-state index is 0.0479. The van der Waals surface area contributed by atoms with E-state index in [0.717, 1.165) is 12.1 Å². The van der Waals surface area contributed by atoms with Crippen molar-refractivity contribution in [1.29, 1.82) is 0 Å².